The number of rotatable bonds is 1. The molecule has 4 nitrogen and oxygen atoms in total. The Kier molecular flexibility index (Phi) is 2.34. The van der Waals surface area contributed by atoms with E-state index in [1.165, 1.54) is 6.33 Å². The number of aromatic nitrogens is 2. The van der Waals surface area contributed by atoms with Crippen molar-refractivity contribution in [1.29, 1.82) is 0 Å². The lowest BCUT2D eigenvalue weighted by Crippen LogP contribution is -1.93. The second-order valence-corrected chi connectivity index (χ2v) is 4.02. The lowest BCUT2D eigenvalue weighted by Gasteiger charge is -2.07. The highest BCUT2D eigenvalue weighted by Gasteiger charge is 2.08. The van der Waals surface area contributed by atoms with E-state index in [0.717, 1.165) is 11.1 Å². The van der Waals surface area contributed by atoms with Gasteiger partial charge in [0.1, 0.15) is 23.4 Å². The van der Waals surface area contributed by atoms with Crippen LogP contribution in [0.25, 0.3) is 22.0 Å². The lowest BCUT2D eigenvalue weighted by atomic mass is 10.0. The van der Waals surface area contributed by atoms with Crippen LogP contribution in [0.15, 0.2) is 48.8 Å². The zero-order chi connectivity index (χ0) is 12.5. The van der Waals surface area contributed by atoms with Crippen molar-refractivity contribution in [1.82, 2.24) is 9.97 Å². The lowest BCUT2D eigenvalue weighted by molar-refractivity contribution is 0.480. The van der Waals surface area contributed by atoms with Gasteiger partial charge < -0.3 is 10.8 Å². The Morgan fingerprint density at radius 1 is 0.944 bits per heavy atom. The molecule has 0 unspecified atom stereocenters. The van der Waals surface area contributed by atoms with Crippen molar-refractivity contribution in [2.24, 2.45) is 0 Å². The van der Waals surface area contributed by atoms with Crippen LogP contribution in [0.1, 0.15) is 0 Å². The Morgan fingerprint density at radius 2 is 1.72 bits per heavy atom. The molecule has 0 atom stereocenters. The number of phenolic OH excluding ortho intramolecular Hbond substituents is 1. The fraction of sp³-hybridized carbons (Fsp3) is 0. The number of hydrogen-bond donors (Lipinski definition) is 2. The highest BCUT2D eigenvalue weighted by molar-refractivity contribution is 5.95. The zero-order valence-corrected chi connectivity index (χ0v) is 9.54. The van der Waals surface area contributed by atoms with Crippen LogP contribution in [0, 0.1) is 0 Å². The summed E-state index contributed by atoms with van der Waals surface area (Å²) in [7, 11) is 0. The van der Waals surface area contributed by atoms with Gasteiger partial charge in [0, 0.05) is 5.39 Å². The van der Waals surface area contributed by atoms with Gasteiger partial charge in [0.15, 0.2) is 0 Å². The van der Waals surface area contributed by atoms with Crippen molar-refractivity contribution in [3.63, 3.8) is 0 Å². The molecule has 88 valence electrons. The average Bonchev–Trinajstić information content (AvgIpc) is 2.41. The van der Waals surface area contributed by atoms with Gasteiger partial charge in [-0.3, -0.25) is 0 Å². The number of benzene rings is 2. The predicted octanol–water partition coefficient (Wildman–Crippen LogP) is 2.58. The summed E-state index contributed by atoms with van der Waals surface area (Å²) in [4.78, 5) is 7.97. The van der Waals surface area contributed by atoms with Crippen LogP contribution in [-0.4, -0.2) is 15.1 Å². The summed E-state index contributed by atoms with van der Waals surface area (Å²) in [6.07, 6.45) is 1.35. The van der Waals surface area contributed by atoms with Crippen LogP contribution in [0.4, 0.5) is 5.82 Å². The first-order valence-corrected chi connectivity index (χ1v) is 5.54. The maximum absolute atomic E-state index is 9.99. The zero-order valence-electron chi connectivity index (χ0n) is 9.54. The molecule has 0 aliphatic heterocycles. The molecule has 0 saturated carbocycles. The number of nitrogens with zero attached hydrogens (tertiary/aromatic N) is 2. The maximum Gasteiger partial charge on any atom is 0.142 e. The number of nitrogens with two attached hydrogens (primary N) is 1. The first-order valence-electron chi connectivity index (χ1n) is 5.54. The normalized spacial score (nSPS) is 10.7. The summed E-state index contributed by atoms with van der Waals surface area (Å²) in [6.45, 7) is 0. The van der Waals surface area contributed by atoms with E-state index < -0.39 is 0 Å². The van der Waals surface area contributed by atoms with E-state index in [1.54, 1.807) is 6.07 Å². The Hall–Kier alpha value is -2.62. The number of nitrogen functional groups attached to an aromatic ring is 1. The topological polar surface area (TPSA) is 72.0 Å². The molecule has 2 aromatic carbocycles. The summed E-state index contributed by atoms with van der Waals surface area (Å²) in [5.41, 5.74) is 8.19. The first kappa shape index (κ1) is 10.5. The van der Waals surface area contributed by atoms with E-state index in [1.807, 2.05) is 36.4 Å². The minimum Gasteiger partial charge on any atom is -0.506 e. The number of anilines is 1. The second-order valence-electron chi connectivity index (χ2n) is 4.02. The molecule has 1 aromatic heterocycles. The van der Waals surface area contributed by atoms with E-state index in [2.05, 4.69) is 9.97 Å². The molecule has 0 saturated heterocycles. The number of hydrogen-bond acceptors (Lipinski definition) is 4. The number of aromatic hydroxyl groups is 1. The fourth-order valence-corrected chi connectivity index (χ4v) is 1.97. The Morgan fingerprint density at radius 3 is 2.50 bits per heavy atom. The van der Waals surface area contributed by atoms with E-state index in [0.29, 0.717) is 16.7 Å². The first-order chi connectivity index (χ1) is 8.75. The van der Waals surface area contributed by atoms with Crippen molar-refractivity contribution in [3.05, 3.63) is 48.8 Å². The highest BCUT2D eigenvalue weighted by atomic mass is 16.3. The van der Waals surface area contributed by atoms with Gasteiger partial charge in [-0.15, -0.1) is 0 Å². The van der Waals surface area contributed by atoms with Crippen molar-refractivity contribution >= 4 is 16.7 Å². The van der Waals surface area contributed by atoms with Crippen molar-refractivity contribution in [3.8, 4) is 16.9 Å². The number of phenols is 1. The molecule has 3 aromatic rings. The predicted molar refractivity (Wildman–Crippen MR) is 71.1 cm³/mol. The molecule has 0 fully saturated rings. The molecular formula is C14H11N3O. The summed E-state index contributed by atoms with van der Waals surface area (Å²) in [5.74, 6) is 0.480. The van der Waals surface area contributed by atoms with Gasteiger partial charge >= 0.3 is 0 Å². The highest BCUT2D eigenvalue weighted by Crippen LogP contribution is 2.32. The van der Waals surface area contributed by atoms with Crippen LogP contribution >= 0.6 is 0 Å². The molecule has 0 amide bonds. The summed E-state index contributed by atoms with van der Waals surface area (Å²) in [6, 6.07) is 13.4. The van der Waals surface area contributed by atoms with Crippen molar-refractivity contribution in [2.75, 3.05) is 5.73 Å². The molecule has 3 rings (SSSR count). The quantitative estimate of drug-likeness (QED) is 0.682. The Labute approximate surface area is 104 Å². The minimum absolute atomic E-state index is 0.112. The summed E-state index contributed by atoms with van der Waals surface area (Å²) in [5, 5.41) is 10.7. The molecule has 1 heterocycles. The molecular weight excluding hydrogens is 226 g/mol. The summed E-state index contributed by atoms with van der Waals surface area (Å²) >= 11 is 0. The van der Waals surface area contributed by atoms with Gasteiger partial charge in [0.25, 0.3) is 0 Å². The molecule has 0 aliphatic carbocycles. The van der Waals surface area contributed by atoms with Gasteiger partial charge in [-0.2, -0.15) is 0 Å². The van der Waals surface area contributed by atoms with Crippen LogP contribution in [0.2, 0.25) is 0 Å². The third kappa shape index (κ3) is 1.64. The molecule has 0 spiro atoms. The standard InChI is InChI=1S/C14H11N3O/c15-14-11-6-10(9-4-2-1-3-5-9)7-12(18)13(11)16-8-17-14/h1-8,18H,(H2,15,16,17). The van der Waals surface area contributed by atoms with Crippen LogP contribution in [0.5, 0.6) is 5.75 Å². The van der Waals surface area contributed by atoms with E-state index in [-0.39, 0.29) is 5.75 Å². The molecule has 18 heavy (non-hydrogen) atoms. The number of fused-ring (bicyclic) bond motifs is 1. The monoisotopic (exact) mass is 237 g/mol. The largest absolute Gasteiger partial charge is 0.506 e. The van der Waals surface area contributed by atoms with Gasteiger partial charge in [0.2, 0.25) is 0 Å². The van der Waals surface area contributed by atoms with Gasteiger partial charge in [0.05, 0.1) is 0 Å². The third-order valence-electron chi connectivity index (χ3n) is 2.86. The molecule has 4 heteroatoms. The second kappa shape index (κ2) is 4.00. The van der Waals surface area contributed by atoms with Crippen LogP contribution < -0.4 is 5.73 Å². The smallest absolute Gasteiger partial charge is 0.142 e. The van der Waals surface area contributed by atoms with Crippen molar-refractivity contribution < 1.29 is 5.11 Å². The molecule has 0 radical (unpaired) electrons. The van der Waals surface area contributed by atoms with E-state index >= 15 is 0 Å². The van der Waals surface area contributed by atoms with Gasteiger partial charge in [-0.25, -0.2) is 9.97 Å². The Bertz CT molecular complexity index is 711. The average molecular weight is 237 g/mol. The van der Waals surface area contributed by atoms with Crippen LogP contribution in [-0.2, 0) is 0 Å². The van der Waals surface area contributed by atoms with Crippen LogP contribution in [0.3, 0.4) is 0 Å². The molecule has 0 aliphatic rings. The minimum atomic E-state index is 0.112. The fourth-order valence-electron chi connectivity index (χ4n) is 1.97. The summed E-state index contributed by atoms with van der Waals surface area (Å²) < 4.78 is 0. The third-order valence-corrected chi connectivity index (χ3v) is 2.86. The SMILES string of the molecule is Nc1ncnc2c(O)cc(-c3ccccc3)cc12. The van der Waals surface area contributed by atoms with Gasteiger partial charge in [-0.1, -0.05) is 30.3 Å². The van der Waals surface area contributed by atoms with Crippen molar-refractivity contribution in [2.45, 2.75) is 0 Å². The Balaban J connectivity index is 2.31. The maximum atomic E-state index is 9.99. The van der Waals surface area contributed by atoms with E-state index in [9.17, 15) is 5.11 Å². The molecule has 0 bridgehead atoms. The molecule has 3 N–H and O–H groups in total. The van der Waals surface area contributed by atoms with Gasteiger partial charge in [-0.05, 0) is 23.3 Å². The van der Waals surface area contributed by atoms with E-state index in [4.69, 9.17) is 5.73 Å².